The van der Waals surface area contributed by atoms with Crippen molar-refractivity contribution in [2.75, 3.05) is 16.0 Å². The predicted octanol–water partition coefficient (Wildman–Crippen LogP) is 8.59. The lowest BCUT2D eigenvalue weighted by Crippen LogP contribution is -2.33. The number of carbonyl (C=O) groups excluding carboxylic acids is 3. The quantitative estimate of drug-likeness (QED) is 0.160. The summed E-state index contributed by atoms with van der Waals surface area (Å²) >= 11 is 18.7. The summed E-state index contributed by atoms with van der Waals surface area (Å²) < 4.78 is 108. The van der Waals surface area contributed by atoms with Gasteiger partial charge in [0, 0.05) is 11.6 Å². The molecule has 0 heterocycles. The van der Waals surface area contributed by atoms with Gasteiger partial charge in [-0.3, -0.25) is 19.1 Å². The summed E-state index contributed by atoms with van der Waals surface area (Å²) in [5.41, 5.74) is -2.91. The lowest BCUT2D eigenvalue weighted by Gasteiger charge is -2.17. The van der Waals surface area contributed by atoms with Gasteiger partial charge in [0.1, 0.15) is 21.9 Å². The van der Waals surface area contributed by atoms with Crippen LogP contribution < -0.4 is 16.0 Å². The monoisotopic (exact) mass is 731 g/mol. The van der Waals surface area contributed by atoms with Crippen LogP contribution in [0.5, 0.6) is 0 Å². The first kappa shape index (κ1) is 36.2. The number of anilines is 3. The van der Waals surface area contributed by atoms with Crippen LogP contribution >= 0.6 is 34.8 Å². The van der Waals surface area contributed by atoms with Gasteiger partial charge in [0.25, 0.3) is 11.8 Å². The predicted molar refractivity (Wildman–Crippen MR) is 156 cm³/mol. The maximum absolute atomic E-state index is 15.1. The van der Waals surface area contributed by atoms with Crippen molar-refractivity contribution in [2.45, 2.75) is 42.7 Å². The van der Waals surface area contributed by atoms with Crippen molar-refractivity contribution in [3.63, 3.8) is 0 Å². The van der Waals surface area contributed by atoms with Crippen LogP contribution in [0.15, 0.2) is 48.5 Å². The largest absolute Gasteiger partial charge is 0.523 e. The second kappa shape index (κ2) is 13.1. The van der Waals surface area contributed by atoms with Crippen molar-refractivity contribution < 1.29 is 54.2 Å². The second-order valence-corrected chi connectivity index (χ2v) is 12.2. The van der Waals surface area contributed by atoms with E-state index in [0.717, 1.165) is 24.3 Å². The smallest absolute Gasteiger partial charge is 0.326 e. The van der Waals surface area contributed by atoms with Crippen LogP contribution in [0.2, 0.25) is 5.02 Å². The third-order valence-electron chi connectivity index (χ3n) is 6.87. The number of hydrogen-bond donors (Lipinski definition) is 3. The molecule has 3 aromatic rings. The molecule has 0 bridgehead atoms. The molecule has 1 aliphatic rings. The van der Waals surface area contributed by atoms with E-state index in [1.165, 1.54) is 25.1 Å². The third-order valence-corrected chi connectivity index (χ3v) is 8.14. The van der Waals surface area contributed by atoms with E-state index in [4.69, 9.17) is 34.8 Å². The lowest BCUT2D eigenvalue weighted by atomic mass is 10.0. The molecule has 0 spiro atoms. The number of alkyl halides is 8. The Hall–Kier alpha value is -3.66. The number of rotatable bonds is 8. The summed E-state index contributed by atoms with van der Waals surface area (Å²) in [6.45, 7) is 2.12. The molecule has 1 unspecified atom stereocenters. The van der Waals surface area contributed by atoms with Crippen LogP contribution in [0.25, 0.3) is 0 Å². The minimum absolute atomic E-state index is 0.0502. The molecule has 18 heteroatoms. The number of benzene rings is 3. The van der Waals surface area contributed by atoms with E-state index in [2.05, 4.69) is 15.4 Å². The Kier molecular flexibility index (Phi) is 10.1. The van der Waals surface area contributed by atoms with E-state index in [1.54, 1.807) is 5.32 Å². The zero-order valence-electron chi connectivity index (χ0n) is 23.6. The van der Waals surface area contributed by atoms with Gasteiger partial charge in [-0.1, -0.05) is 23.2 Å². The van der Waals surface area contributed by atoms with Crippen molar-refractivity contribution in [2.24, 2.45) is 5.92 Å². The lowest BCUT2D eigenvalue weighted by molar-refractivity contribution is -0.335. The van der Waals surface area contributed by atoms with E-state index >= 15 is 4.39 Å². The van der Waals surface area contributed by atoms with Gasteiger partial charge in [0.05, 0.1) is 27.8 Å². The highest BCUT2D eigenvalue weighted by molar-refractivity contribution is 6.53. The molecule has 0 saturated heterocycles. The highest BCUT2D eigenvalue weighted by atomic mass is 35.5. The van der Waals surface area contributed by atoms with Crippen molar-refractivity contribution in [3.05, 3.63) is 87.4 Å². The topological polar surface area (TPSA) is 96.5 Å². The van der Waals surface area contributed by atoms with Crippen LogP contribution in [-0.2, 0) is 20.5 Å². The highest BCUT2D eigenvalue weighted by Crippen LogP contribution is 2.65. The molecule has 1 aliphatic carbocycles. The third kappa shape index (κ3) is 8.26. The fourth-order valence-electron chi connectivity index (χ4n) is 4.65. The van der Waals surface area contributed by atoms with Crippen molar-refractivity contribution in [1.29, 1.82) is 0 Å². The molecule has 0 aromatic heterocycles. The highest BCUT2D eigenvalue weighted by Gasteiger charge is 2.67. The SMILES string of the molecule is Cc1cc([C@H]2[C@H](C(=O)Nc3ccc(Cl)c(C(=O)Nc4ccc(F)c(NC(=O)C(C)OC(F)(F)F)c4F)c3)C2(Cl)Cl)cc(C(F)(F)F)c1. The van der Waals surface area contributed by atoms with Gasteiger partial charge in [-0.25, -0.2) is 8.78 Å². The van der Waals surface area contributed by atoms with Crippen LogP contribution in [0.3, 0.4) is 0 Å². The number of amides is 3. The molecule has 0 radical (unpaired) electrons. The molecule has 0 aliphatic heterocycles. The molecular weight excluding hydrogens is 713 g/mol. The zero-order chi connectivity index (χ0) is 35.2. The Balaban J connectivity index is 1.51. The zero-order valence-corrected chi connectivity index (χ0v) is 25.9. The summed E-state index contributed by atoms with van der Waals surface area (Å²) in [6, 6.07) is 8.07. The van der Waals surface area contributed by atoms with Crippen LogP contribution in [0, 0.1) is 24.5 Å². The summed E-state index contributed by atoms with van der Waals surface area (Å²) in [4.78, 5) is 38.1. The van der Waals surface area contributed by atoms with Crippen molar-refractivity contribution in [3.8, 4) is 0 Å². The normalized spacial score (nSPS) is 17.9. The molecule has 4 rings (SSSR count). The maximum Gasteiger partial charge on any atom is 0.523 e. The number of nitrogens with one attached hydrogen (secondary N) is 3. The number of ether oxygens (including phenoxy) is 1. The number of carbonyl (C=O) groups is 3. The fourth-order valence-corrected chi connectivity index (χ4v) is 5.68. The maximum atomic E-state index is 15.1. The van der Waals surface area contributed by atoms with Gasteiger partial charge in [-0.2, -0.15) is 13.2 Å². The fraction of sp³-hybridized carbons (Fsp3) is 0.276. The summed E-state index contributed by atoms with van der Waals surface area (Å²) in [6.07, 6.45) is -12.1. The average molecular weight is 733 g/mol. The Bertz CT molecular complexity index is 1750. The van der Waals surface area contributed by atoms with Crippen LogP contribution in [-0.4, -0.2) is 34.5 Å². The van der Waals surface area contributed by atoms with E-state index in [9.17, 15) is 45.1 Å². The molecule has 3 aromatic carbocycles. The number of aryl methyl sites for hydroxylation is 1. The average Bonchev–Trinajstić information content (AvgIpc) is 3.53. The summed E-state index contributed by atoms with van der Waals surface area (Å²) in [5.74, 6) is -8.61. The van der Waals surface area contributed by atoms with E-state index < -0.39 is 81.1 Å². The first-order valence-corrected chi connectivity index (χ1v) is 14.2. The standard InChI is InChI=1S/C29H20Cl3F8N3O4/c1-11-7-13(9-14(8-11)28(35,36)37)20-21(27(20,31)32)26(46)41-15-3-4-17(30)16(10-15)25(45)42-19-6-5-18(33)23(22(19)34)43-24(44)12(2)47-29(38,39)40/h3-10,12,20-21H,1-2H3,(H,41,46)(H,42,45)(H,43,44)/t12?,20-,21+/m0/s1. The Morgan fingerprint density at radius 1 is 0.915 bits per heavy atom. The van der Waals surface area contributed by atoms with Gasteiger partial charge in [-0.05, 0) is 61.9 Å². The molecule has 3 amide bonds. The molecule has 3 N–H and O–H groups in total. The van der Waals surface area contributed by atoms with Gasteiger partial charge < -0.3 is 16.0 Å². The molecule has 1 fully saturated rings. The van der Waals surface area contributed by atoms with Gasteiger partial charge in [0.15, 0.2) is 5.82 Å². The molecular formula is C29H20Cl3F8N3O4. The van der Waals surface area contributed by atoms with E-state index in [-0.39, 0.29) is 27.4 Å². The first-order valence-electron chi connectivity index (χ1n) is 13.1. The Morgan fingerprint density at radius 3 is 2.19 bits per heavy atom. The van der Waals surface area contributed by atoms with Crippen LogP contribution in [0.1, 0.15) is 39.9 Å². The molecule has 3 atom stereocenters. The Labute approximate surface area is 275 Å². The van der Waals surface area contributed by atoms with Gasteiger partial charge in [-0.15, -0.1) is 36.4 Å². The molecule has 7 nitrogen and oxygen atoms in total. The Morgan fingerprint density at radius 2 is 1.57 bits per heavy atom. The number of halogens is 11. The van der Waals surface area contributed by atoms with Gasteiger partial charge in [0.2, 0.25) is 5.91 Å². The minimum atomic E-state index is -5.21. The first-order chi connectivity index (χ1) is 21.6. The molecule has 1 saturated carbocycles. The van der Waals surface area contributed by atoms with Gasteiger partial charge >= 0.3 is 12.5 Å². The van der Waals surface area contributed by atoms with Crippen LogP contribution in [0.4, 0.5) is 52.2 Å². The molecule has 47 heavy (non-hydrogen) atoms. The van der Waals surface area contributed by atoms with Crippen molar-refractivity contribution in [1.82, 2.24) is 0 Å². The summed E-state index contributed by atoms with van der Waals surface area (Å²) in [5, 5.41) is 5.96. The second-order valence-electron chi connectivity index (χ2n) is 10.4. The number of hydrogen-bond acceptors (Lipinski definition) is 4. The molecule has 252 valence electrons. The van der Waals surface area contributed by atoms with E-state index in [1.807, 2.05) is 0 Å². The van der Waals surface area contributed by atoms with E-state index in [0.29, 0.717) is 13.0 Å². The summed E-state index contributed by atoms with van der Waals surface area (Å²) in [7, 11) is 0. The van der Waals surface area contributed by atoms with Crippen molar-refractivity contribution >= 4 is 69.6 Å². The minimum Gasteiger partial charge on any atom is -0.326 e.